The van der Waals surface area contributed by atoms with E-state index in [0.29, 0.717) is 10.9 Å². The lowest BCUT2D eigenvalue weighted by molar-refractivity contribution is 0.0635. The Kier molecular flexibility index (Phi) is 5.29. The number of H-pyrrole nitrogens is 1. The second-order valence-corrected chi connectivity index (χ2v) is 7.51. The smallest absolute Gasteiger partial charge is 0.412 e. The fourth-order valence-electron chi connectivity index (χ4n) is 2.59. The number of amides is 2. The first kappa shape index (κ1) is 19.7. The van der Waals surface area contributed by atoms with Gasteiger partial charge >= 0.3 is 6.09 Å². The highest BCUT2D eigenvalue weighted by molar-refractivity contribution is 6.39. The van der Waals surface area contributed by atoms with E-state index in [1.54, 1.807) is 39.0 Å². The molecule has 1 heterocycles. The molecule has 6 nitrogen and oxygen atoms in total. The molecule has 8 heteroatoms. The number of aromatic amines is 1. The maximum absolute atomic E-state index is 13.7. The van der Waals surface area contributed by atoms with Crippen LogP contribution in [0.5, 0.6) is 0 Å². The Morgan fingerprint density at radius 3 is 2.46 bits per heavy atom. The maximum atomic E-state index is 13.7. The number of fused-ring (bicyclic) bond motifs is 1. The summed E-state index contributed by atoms with van der Waals surface area (Å²) in [4.78, 5) is 27.7. The van der Waals surface area contributed by atoms with Crippen molar-refractivity contribution in [2.75, 3.05) is 10.6 Å². The third-order valence-corrected chi connectivity index (χ3v) is 4.13. The van der Waals surface area contributed by atoms with Crippen LogP contribution in [0, 0.1) is 5.82 Å². The van der Waals surface area contributed by atoms with Gasteiger partial charge < -0.3 is 15.0 Å². The Hall–Kier alpha value is -3.06. The lowest BCUT2D eigenvalue weighted by Gasteiger charge is -2.20. The normalized spacial score (nSPS) is 11.3. The van der Waals surface area contributed by atoms with E-state index < -0.39 is 23.4 Å². The number of rotatable bonds is 3. The fraction of sp³-hybridized carbons (Fsp3) is 0.200. The first-order valence-electron chi connectivity index (χ1n) is 8.51. The lowest BCUT2D eigenvalue weighted by Crippen LogP contribution is -2.27. The number of carbonyl (C=O) groups is 2. The number of para-hydroxylation sites is 1. The van der Waals surface area contributed by atoms with Crippen LogP contribution in [0.3, 0.4) is 0 Å². The molecule has 0 bridgehead atoms. The van der Waals surface area contributed by atoms with Crippen molar-refractivity contribution in [3.63, 3.8) is 0 Å². The molecule has 0 spiro atoms. The van der Waals surface area contributed by atoms with Crippen LogP contribution in [-0.4, -0.2) is 22.6 Å². The van der Waals surface area contributed by atoms with E-state index >= 15 is 0 Å². The molecule has 1 aromatic heterocycles. The SMILES string of the molecule is CC(C)(C)OC(=O)Nc1ccc(F)cc1NC(=O)c1[nH]c2ccccc2c1Cl. The molecule has 3 rings (SSSR count). The average molecular weight is 404 g/mol. The minimum absolute atomic E-state index is 0.0746. The highest BCUT2D eigenvalue weighted by Gasteiger charge is 2.20. The number of benzene rings is 2. The van der Waals surface area contributed by atoms with Crippen molar-refractivity contribution in [2.45, 2.75) is 26.4 Å². The number of anilines is 2. The predicted octanol–water partition coefficient (Wildman–Crippen LogP) is 5.56. The molecule has 146 valence electrons. The number of hydrogen-bond donors (Lipinski definition) is 3. The molecule has 0 aliphatic heterocycles. The van der Waals surface area contributed by atoms with Crippen LogP contribution in [0.1, 0.15) is 31.3 Å². The minimum Gasteiger partial charge on any atom is -0.444 e. The Morgan fingerprint density at radius 2 is 1.79 bits per heavy atom. The molecule has 0 saturated carbocycles. The van der Waals surface area contributed by atoms with Gasteiger partial charge in [0.1, 0.15) is 17.1 Å². The third-order valence-electron chi connectivity index (χ3n) is 3.74. The molecule has 0 saturated heterocycles. The molecule has 3 aromatic rings. The number of nitrogens with one attached hydrogen (secondary N) is 3. The van der Waals surface area contributed by atoms with Crippen LogP contribution in [0.25, 0.3) is 10.9 Å². The van der Waals surface area contributed by atoms with Crippen LogP contribution in [-0.2, 0) is 4.74 Å². The first-order chi connectivity index (χ1) is 13.1. The summed E-state index contributed by atoms with van der Waals surface area (Å²) >= 11 is 6.29. The van der Waals surface area contributed by atoms with E-state index in [1.165, 1.54) is 6.07 Å². The molecule has 0 aliphatic carbocycles. The number of ether oxygens (including phenoxy) is 1. The molecule has 0 unspecified atom stereocenters. The van der Waals surface area contributed by atoms with E-state index in [9.17, 15) is 14.0 Å². The van der Waals surface area contributed by atoms with Gasteiger partial charge in [0.15, 0.2) is 0 Å². The van der Waals surface area contributed by atoms with E-state index in [4.69, 9.17) is 16.3 Å². The summed E-state index contributed by atoms with van der Waals surface area (Å²) in [5.74, 6) is -1.15. The lowest BCUT2D eigenvalue weighted by atomic mass is 10.2. The van der Waals surface area contributed by atoms with Crippen LogP contribution in [0.2, 0.25) is 5.02 Å². The molecule has 0 aliphatic rings. The van der Waals surface area contributed by atoms with Gasteiger partial charge in [0.05, 0.1) is 16.4 Å². The highest BCUT2D eigenvalue weighted by Crippen LogP contribution is 2.29. The standard InChI is InChI=1S/C20H19ClFN3O3/c1-20(2,3)28-19(27)25-14-9-8-11(22)10-15(14)24-18(26)17-16(21)12-6-4-5-7-13(12)23-17/h4-10,23H,1-3H3,(H,24,26)(H,25,27). The Bertz CT molecular complexity index is 1060. The molecule has 2 amide bonds. The van der Waals surface area contributed by atoms with Crippen molar-refractivity contribution in [1.82, 2.24) is 4.98 Å². The van der Waals surface area contributed by atoms with Crippen LogP contribution in [0.4, 0.5) is 20.6 Å². The summed E-state index contributed by atoms with van der Waals surface area (Å²) in [7, 11) is 0. The Morgan fingerprint density at radius 1 is 1.07 bits per heavy atom. The van der Waals surface area contributed by atoms with E-state index in [-0.39, 0.29) is 22.1 Å². The van der Waals surface area contributed by atoms with Crippen molar-refractivity contribution in [1.29, 1.82) is 0 Å². The summed E-state index contributed by atoms with van der Waals surface area (Å²) in [5, 5.41) is 6.03. The highest BCUT2D eigenvalue weighted by atomic mass is 35.5. The molecule has 2 aromatic carbocycles. The summed E-state index contributed by atoms with van der Waals surface area (Å²) < 4.78 is 18.9. The maximum Gasteiger partial charge on any atom is 0.412 e. The number of carbonyl (C=O) groups excluding carboxylic acids is 2. The molecular formula is C20H19ClFN3O3. The van der Waals surface area contributed by atoms with Gasteiger partial charge in [-0.25, -0.2) is 9.18 Å². The number of aromatic nitrogens is 1. The van der Waals surface area contributed by atoms with Crippen molar-refractivity contribution in [3.8, 4) is 0 Å². The van der Waals surface area contributed by atoms with E-state index in [0.717, 1.165) is 12.1 Å². The Balaban J connectivity index is 1.86. The van der Waals surface area contributed by atoms with Gasteiger partial charge in [0, 0.05) is 10.9 Å². The predicted molar refractivity (Wildman–Crippen MR) is 108 cm³/mol. The van der Waals surface area contributed by atoms with Crippen molar-refractivity contribution >= 4 is 45.9 Å². The molecular weight excluding hydrogens is 385 g/mol. The third kappa shape index (κ3) is 4.43. The molecule has 3 N–H and O–H groups in total. The minimum atomic E-state index is -0.724. The van der Waals surface area contributed by atoms with Crippen LogP contribution >= 0.6 is 11.6 Å². The molecule has 0 fully saturated rings. The zero-order chi connectivity index (χ0) is 20.5. The number of halogens is 2. The van der Waals surface area contributed by atoms with E-state index in [2.05, 4.69) is 15.6 Å². The van der Waals surface area contributed by atoms with Gasteiger partial charge in [0.25, 0.3) is 5.91 Å². The largest absolute Gasteiger partial charge is 0.444 e. The fourth-order valence-corrected chi connectivity index (χ4v) is 2.89. The zero-order valence-corrected chi connectivity index (χ0v) is 16.3. The molecule has 0 radical (unpaired) electrons. The first-order valence-corrected chi connectivity index (χ1v) is 8.89. The second kappa shape index (κ2) is 7.52. The molecule has 0 atom stereocenters. The molecule has 28 heavy (non-hydrogen) atoms. The quantitative estimate of drug-likeness (QED) is 0.535. The zero-order valence-electron chi connectivity index (χ0n) is 15.5. The van der Waals surface area contributed by atoms with Crippen molar-refractivity contribution < 1.29 is 18.7 Å². The van der Waals surface area contributed by atoms with Gasteiger partial charge in [-0.05, 0) is 45.0 Å². The monoisotopic (exact) mass is 403 g/mol. The van der Waals surface area contributed by atoms with Gasteiger partial charge in [-0.2, -0.15) is 0 Å². The summed E-state index contributed by atoms with van der Waals surface area (Å²) in [6.45, 7) is 5.16. The van der Waals surface area contributed by atoms with Crippen LogP contribution < -0.4 is 10.6 Å². The summed E-state index contributed by atoms with van der Waals surface area (Å²) in [6, 6.07) is 10.8. The van der Waals surface area contributed by atoms with Gasteiger partial charge in [0.2, 0.25) is 0 Å². The van der Waals surface area contributed by atoms with Gasteiger partial charge in [-0.3, -0.25) is 10.1 Å². The Labute approximate surface area is 166 Å². The summed E-state index contributed by atoms with van der Waals surface area (Å²) in [5.41, 5.74) is 0.395. The second-order valence-electron chi connectivity index (χ2n) is 7.13. The summed E-state index contributed by atoms with van der Waals surface area (Å²) in [6.07, 6.45) is -0.724. The van der Waals surface area contributed by atoms with Crippen molar-refractivity contribution in [3.05, 3.63) is 59.0 Å². The average Bonchev–Trinajstić information content (AvgIpc) is 2.93. The van der Waals surface area contributed by atoms with E-state index in [1.807, 2.05) is 6.07 Å². The topological polar surface area (TPSA) is 83.2 Å². The van der Waals surface area contributed by atoms with Crippen molar-refractivity contribution in [2.24, 2.45) is 0 Å². The van der Waals surface area contributed by atoms with Crippen LogP contribution in [0.15, 0.2) is 42.5 Å². The van der Waals surface area contributed by atoms with Gasteiger partial charge in [-0.1, -0.05) is 29.8 Å². The number of hydrogen-bond acceptors (Lipinski definition) is 3. The van der Waals surface area contributed by atoms with Gasteiger partial charge in [-0.15, -0.1) is 0 Å².